The van der Waals surface area contributed by atoms with Gasteiger partial charge in [0.1, 0.15) is 10.5 Å². The van der Waals surface area contributed by atoms with Gasteiger partial charge in [0.2, 0.25) is 10.0 Å². The molecule has 3 rings (SSSR count). The standard InChI is InChI=1S/C16H21N3O3S/c1-3-18-11-15(13(2)17-18)23(21,22)19-10-9-16(20,12-19)14-7-5-4-6-8-14/h4-8,11,20H,3,9-10,12H2,1-2H3. The molecule has 7 heteroatoms. The van der Waals surface area contributed by atoms with E-state index in [0.29, 0.717) is 25.2 Å². The van der Waals surface area contributed by atoms with Crippen molar-refractivity contribution in [3.8, 4) is 0 Å². The van der Waals surface area contributed by atoms with Crippen molar-refractivity contribution in [2.75, 3.05) is 13.1 Å². The molecule has 0 saturated carbocycles. The average Bonchev–Trinajstić information content (AvgIpc) is 3.13. The third kappa shape index (κ3) is 2.80. The lowest BCUT2D eigenvalue weighted by atomic mass is 9.93. The van der Waals surface area contributed by atoms with Crippen LogP contribution in [-0.4, -0.2) is 40.7 Å². The molecule has 1 N–H and O–H groups in total. The minimum Gasteiger partial charge on any atom is -0.384 e. The summed E-state index contributed by atoms with van der Waals surface area (Å²) < 4.78 is 28.7. The Morgan fingerprint density at radius 3 is 2.61 bits per heavy atom. The van der Waals surface area contributed by atoms with Crippen LogP contribution in [0.4, 0.5) is 0 Å². The van der Waals surface area contributed by atoms with Gasteiger partial charge in [0, 0.05) is 25.8 Å². The lowest BCUT2D eigenvalue weighted by Crippen LogP contribution is -2.34. The van der Waals surface area contributed by atoms with Crippen molar-refractivity contribution in [1.29, 1.82) is 0 Å². The summed E-state index contributed by atoms with van der Waals surface area (Å²) >= 11 is 0. The number of aliphatic hydroxyl groups is 1. The van der Waals surface area contributed by atoms with Crippen molar-refractivity contribution in [3.63, 3.8) is 0 Å². The Kier molecular flexibility index (Phi) is 4.03. The third-order valence-corrected chi connectivity index (χ3v) is 6.32. The van der Waals surface area contributed by atoms with Crippen molar-refractivity contribution in [2.24, 2.45) is 0 Å². The molecule has 1 aromatic carbocycles. The highest BCUT2D eigenvalue weighted by Gasteiger charge is 2.43. The van der Waals surface area contributed by atoms with Crippen LogP contribution in [0.5, 0.6) is 0 Å². The molecule has 1 aromatic heterocycles. The summed E-state index contributed by atoms with van der Waals surface area (Å²) in [6, 6.07) is 9.23. The first-order chi connectivity index (χ1) is 10.9. The number of benzene rings is 1. The van der Waals surface area contributed by atoms with Crippen LogP contribution in [0.1, 0.15) is 24.6 Å². The zero-order chi connectivity index (χ0) is 16.7. The van der Waals surface area contributed by atoms with Gasteiger partial charge in [0.15, 0.2) is 0 Å². The first-order valence-corrected chi connectivity index (χ1v) is 9.13. The van der Waals surface area contributed by atoms with Crippen LogP contribution in [0.25, 0.3) is 0 Å². The first-order valence-electron chi connectivity index (χ1n) is 7.69. The van der Waals surface area contributed by atoms with Crippen LogP contribution in [0.2, 0.25) is 0 Å². The second kappa shape index (κ2) is 5.74. The van der Waals surface area contributed by atoms with E-state index in [1.165, 1.54) is 4.31 Å². The highest BCUT2D eigenvalue weighted by Crippen LogP contribution is 2.35. The molecule has 6 nitrogen and oxygen atoms in total. The summed E-state index contributed by atoms with van der Waals surface area (Å²) in [4.78, 5) is 0.219. The molecule has 0 radical (unpaired) electrons. The highest BCUT2D eigenvalue weighted by molar-refractivity contribution is 7.89. The molecule has 1 atom stereocenters. The van der Waals surface area contributed by atoms with Crippen LogP contribution < -0.4 is 0 Å². The molecular formula is C16H21N3O3S. The summed E-state index contributed by atoms with van der Waals surface area (Å²) in [6.45, 7) is 4.58. The molecule has 2 heterocycles. The van der Waals surface area contributed by atoms with Gasteiger partial charge in [-0.3, -0.25) is 4.68 Å². The number of β-amino-alcohol motifs (C(OH)–C–C–N with tert-alkyl or cyclic N) is 1. The number of hydrogen-bond donors (Lipinski definition) is 1. The molecule has 1 aliphatic heterocycles. The van der Waals surface area contributed by atoms with E-state index in [1.807, 2.05) is 37.3 Å². The number of rotatable bonds is 4. The zero-order valence-electron chi connectivity index (χ0n) is 13.3. The van der Waals surface area contributed by atoms with E-state index in [1.54, 1.807) is 17.8 Å². The Morgan fingerprint density at radius 1 is 1.30 bits per heavy atom. The minimum atomic E-state index is -3.65. The molecule has 2 aromatic rings. The quantitative estimate of drug-likeness (QED) is 0.918. The Balaban J connectivity index is 1.90. The van der Waals surface area contributed by atoms with Crippen LogP contribution in [-0.2, 0) is 22.2 Å². The van der Waals surface area contributed by atoms with Gasteiger partial charge in [0.25, 0.3) is 0 Å². The monoisotopic (exact) mass is 335 g/mol. The first kappa shape index (κ1) is 16.2. The summed E-state index contributed by atoms with van der Waals surface area (Å²) in [5.41, 5.74) is 0.101. The van der Waals surface area contributed by atoms with Crippen LogP contribution in [0.15, 0.2) is 41.4 Å². The molecule has 1 saturated heterocycles. The molecule has 0 spiro atoms. The summed E-state index contributed by atoms with van der Waals surface area (Å²) in [5, 5.41) is 15.0. The van der Waals surface area contributed by atoms with E-state index in [0.717, 1.165) is 5.56 Å². The summed E-state index contributed by atoms with van der Waals surface area (Å²) in [6.07, 6.45) is 1.95. The van der Waals surface area contributed by atoms with Crippen LogP contribution >= 0.6 is 0 Å². The van der Waals surface area contributed by atoms with E-state index in [-0.39, 0.29) is 11.4 Å². The van der Waals surface area contributed by atoms with Gasteiger partial charge >= 0.3 is 0 Å². The van der Waals surface area contributed by atoms with Gasteiger partial charge in [-0.2, -0.15) is 9.40 Å². The summed E-state index contributed by atoms with van der Waals surface area (Å²) in [7, 11) is -3.65. The molecule has 1 fully saturated rings. The molecular weight excluding hydrogens is 314 g/mol. The van der Waals surface area contributed by atoms with Crippen molar-refractivity contribution >= 4 is 10.0 Å². The van der Waals surface area contributed by atoms with Gasteiger partial charge in [-0.15, -0.1) is 0 Å². The Hall–Kier alpha value is -1.70. The van der Waals surface area contributed by atoms with Gasteiger partial charge in [-0.25, -0.2) is 8.42 Å². The maximum absolute atomic E-state index is 12.9. The Morgan fingerprint density at radius 2 is 2.00 bits per heavy atom. The predicted octanol–water partition coefficient (Wildman–Crippen LogP) is 1.49. The van der Waals surface area contributed by atoms with Crippen molar-refractivity contribution < 1.29 is 13.5 Å². The second-order valence-electron chi connectivity index (χ2n) is 5.92. The number of aromatic nitrogens is 2. The van der Waals surface area contributed by atoms with Gasteiger partial charge in [-0.05, 0) is 25.8 Å². The number of hydrogen-bond acceptors (Lipinski definition) is 4. The average molecular weight is 335 g/mol. The maximum Gasteiger partial charge on any atom is 0.246 e. The smallest absolute Gasteiger partial charge is 0.246 e. The molecule has 1 aliphatic rings. The molecule has 0 bridgehead atoms. The molecule has 124 valence electrons. The largest absolute Gasteiger partial charge is 0.384 e. The number of aryl methyl sites for hydroxylation is 2. The lowest BCUT2D eigenvalue weighted by Gasteiger charge is -2.23. The second-order valence-corrected chi connectivity index (χ2v) is 7.83. The molecule has 0 amide bonds. The van der Waals surface area contributed by atoms with E-state index < -0.39 is 15.6 Å². The van der Waals surface area contributed by atoms with Crippen LogP contribution in [0.3, 0.4) is 0 Å². The normalized spacial score (nSPS) is 22.6. The van der Waals surface area contributed by atoms with Crippen molar-refractivity contribution in [3.05, 3.63) is 47.8 Å². The van der Waals surface area contributed by atoms with E-state index in [9.17, 15) is 13.5 Å². The number of nitrogens with zero attached hydrogens (tertiary/aromatic N) is 3. The van der Waals surface area contributed by atoms with Gasteiger partial charge in [-0.1, -0.05) is 30.3 Å². The molecule has 0 aliphatic carbocycles. The van der Waals surface area contributed by atoms with Gasteiger partial charge in [0.05, 0.1) is 5.69 Å². The van der Waals surface area contributed by atoms with Crippen molar-refractivity contribution in [2.45, 2.75) is 37.3 Å². The van der Waals surface area contributed by atoms with E-state index >= 15 is 0 Å². The predicted molar refractivity (Wildman–Crippen MR) is 86.4 cm³/mol. The molecule has 1 unspecified atom stereocenters. The highest BCUT2D eigenvalue weighted by atomic mass is 32.2. The third-order valence-electron chi connectivity index (χ3n) is 4.37. The topological polar surface area (TPSA) is 75.4 Å². The lowest BCUT2D eigenvalue weighted by molar-refractivity contribution is 0.0531. The molecule has 23 heavy (non-hydrogen) atoms. The zero-order valence-corrected chi connectivity index (χ0v) is 14.1. The number of sulfonamides is 1. The van der Waals surface area contributed by atoms with E-state index in [4.69, 9.17) is 0 Å². The fourth-order valence-corrected chi connectivity index (χ4v) is 4.66. The Bertz CT molecular complexity index is 801. The van der Waals surface area contributed by atoms with Gasteiger partial charge < -0.3 is 5.11 Å². The Labute approximate surface area is 136 Å². The van der Waals surface area contributed by atoms with Crippen LogP contribution in [0, 0.1) is 6.92 Å². The van der Waals surface area contributed by atoms with E-state index in [2.05, 4.69) is 5.10 Å². The SMILES string of the molecule is CCn1cc(S(=O)(=O)N2CCC(O)(c3ccccc3)C2)c(C)n1. The van der Waals surface area contributed by atoms with Crippen molar-refractivity contribution in [1.82, 2.24) is 14.1 Å². The fourth-order valence-electron chi connectivity index (χ4n) is 3.00. The minimum absolute atomic E-state index is 0.0656. The maximum atomic E-state index is 12.9. The summed E-state index contributed by atoms with van der Waals surface area (Å²) in [5.74, 6) is 0. The fraction of sp³-hybridized carbons (Fsp3) is 0.438.